The smallest absolute Gasteiger partial charge is 0.276 e. The molecule has 122 valence electrons. The molecule has 1 aliphatic rings. The molecule has 0 atom stereocenters. The van der Waals surface area contributed by atoms with E-state index in [0.717, 1.165) is 35.0 Å². The first-order valence-corrected chi connectivity index (χ1v) is 8.93. The van der Waals surface area contributed by atoms with Crippen LogP contribution in [-0.2, 0) is 0 Å². The second-order valence-electron chi connectivity index (χ2n) is 5.84. The van der Waals surface area contributed by atoms with E-state index in [-0.39, 0.29) is 5.91 Å². The zero-order valence-electron chi connectivity index (χ0n) is 13.2. The van der Waals surface area contributed by atoms with Crippen molar-refractivity contribution in [1.29, 1.82) is 0 Å². The van der Waals surface area contributed by atoms with E-state index >= 15 is 0 Å². The lowest BCUT2D eigenvalue weighted by Gasteiger charge is -2.18. The number of thiophene rings is 1. The van der Waals surface area contributed by atoms with Crippen molar-refractivity contribution in [3.05, 3.63) is 53.5 Å². The van der Waals surface area contributed by atoms with E-state index in [1.165, 1.54) is 12.8 Å². The molecular weight excluding hydrogens is 320 g/mol. The average molecular weight is 338 g/mol. The molecule has 1 saturated heterocycles. The summed E-state index contributed by atoms with van der Waals surface area (Å²) in [5.41, 5.74) is 3.21. The Balaban J connectivity index is 1.49. The third-order valence-electron chi connectivity index (χ3n) is 4.17. The SMILES string of the molecule is O=C(Nc1cccc(N2CCCC2)c1)c1cc(-c2cccs2)[nH]n1. The molecule has 0 aliphatic carbocycles. The maximum Gasteiger partial charge on any atom is 0.276 e. The Bertz CT molecular complexity index is 834. The van der Waals surface area contributed by atoms with Crippen molar-refractivity contribution in [2.75, 3.05) is 23.3 Å². The van der Waals surface area contributed by atoms with E-state index in [4.69, 9.17) is 0 Å². The highest BCUT2D eigenvalue weighted by molar-refractivity contribution is 7.13. The molecule has 24 heavy (non-hydrogen) atoms. The Morgan fingerprint density at radius 2 is 2.04 bits per heavy atom. The van der Waals surface area contributed by atoms with Gasteiger partial charge in [0.15, 0.2) is 5.69 Å². The molecule has 1 amide bonds. The molecule has 0 bridgehead atoms. The Morgan fingerprint density at radius 3 is 2.83 bits per heavy atom. The van der Waals surface area contributed by atoms with Gasteiger partial charge in [-0.2, -0.15) is 5.10 Å². The normalized spacial score (nSPS) is 14.1. The van der Waals surface area contributed by atoms with Crippen LogP contribution in [0.5, 0.6) is 0 Å². The lowest BCUT2D eigenvalue weighted by Crippen LogP contribution is -2.18. The number of nitrogens with zero attached hydrogens (tertiary/aromatic N) is 2. The number of anilines is 2. The van der Waals surface area contributed by atoms with E-state index in [0.29, 0.717) is 5.69 Å². The van der Waals surface area contributed by atoms with Crippen molar-refractivity contribution in [2.24, 2.45) is 0 Å². The minimum atomic E-state index is -0.201. The molecule has 0 unspecified atom stereocenters. The van der Waals surface area contributed by atoms with Crippen LogP contribution in [0.1, 0.15) is 23.3 Å². The summed E-state index contributed by atoms with van der Waals surface area (Å²) in [4.78, 5) is 15.8. The maximum atomic E-state index is 12.4. The fourth-order valence-electron chi connectivity index (χ4n) is 2.95. The fourth-order valence-corrected chi connectivity index (χ4v) is 3.64. The highest BCUT2D eigenvalue weighted by Crippen LogP contribution is 2.25. The topological polar surface area (TPSA) is 61.0 Å². The van der Waals surface area contributed by atoms with Crippen molar-refractivity contribution in [2.45, 2.75) is 12.8 Å². The van der Waals surface area contributed by atoms with Gasteiger partial charge in [-0.05, 0) is 48.6 Å². The van der Waals surface area contributed by atoms with Gasteiger partial charge in [-0.3, -0.25) is 9.89 Å². The van der Waals surface area contributed by atoms with Gasteiger partial charge >= 0.3 is 0 Å². The average Bonchev–Trinajstić information content (AvgIpc) is 3.36. The van der Waals surface area contributed by atoms with Gasteiger partial charge in [0.25, 0.3) is 5.91 Å². The molecule has 0 saturated carbocycles. The lowest BCUT2D eigenvalue weighted by molar-refractivity contribution is 0.102. The molecule has 1 aromatic carbocycles. The van der Waals surface area contributed by atoms with Crippen LogP contribution in [0.2, 0.25) is 0 Å². The number of benzene rings is 1. The fraction of sp³-hybridized carbons (Fsp3) is 0.222. The summed E-state index contributed by atoms with van der Waals surface area (Å²) in [7, 11) is 0. The summed E-state index contributed by atoms with van der Waals surface area (Å²) in [6.07, 6.45) is 2.46. The molecule has 3 heterocycles. The van der Waals surface area contributed by atoms with E-state index in [1.54, 1.807) is 17.4 Å². The third kappa shape index (κ3) is 3.05. The number of aromatic nitrogens is 2. The van der Waals surface area contributed by atoms with Crippen molar-refractivity contribution >= 4 is 28.6 Å². The minimum absolute atomic E-state index is 0.201. The molecule has 6 heteroatoms. The molecule has 5 nitrogen and oxygen atoms in total. The van der Waals surface area contributed by atoms with Crippen LogP contribution in [0.15, 0.2) is 47.8 Å². The van der Waals surface area contributed by atoms with Crippen LogP contribution in [0.4, 0.5) is 11.4 Å². The third-order valence-corrected chi connectivity index (χ3v) is 5.08. The van der Waals surface area contributed by atoms with E-state index in [9.17, 15) is 4.79 Å². The van der Waals surface area contributed by atoms with Crippen LogP contribution in [0.3, 0.4) is 0 Å². The number of carbonyl (C=O) groups is 1. The van der Waals surface area contributed by atoms with Crippen LogP contribution in [0.25, 0.3) is 10.6 Å². The van der Waals surface area contributed by atoms with Gasteiger partial charge in [0, 0.05) is 24.5 Å². The summed E-state index contributed by atoms with van der Waals surface area (Å²) in [6.45, 7) is 2.17. The summed E-state index contributed by atoms with van der Waals surface area (Å²) in [5, 5.41) is 12.0. The summed E-state index contributed by atoms with van der Waals surface area (Å²) in [6, 6.07) is 13.8. The molecular formula is C18H18N4OS. The first kappa shape index (κ1) is 15.0. The zero-order chi connectivity index (χ0) is 16.4. The van der Waals surface area contributed by atoms with Crippen molar-refractivity contribution < 1.29 is 4.79 Å². The van der Waals surface area contributed by atoms with Gasteiger partial charge in [0.1, 0.15) is 0 Å². The molecule has 3 aromatic rings. The molecule has 2 N–H and O–H groups in total. The summed E-state index contributed by atoms with van der Waals surface area (Å²) < 4.78 is 0. The first-order valence-electron chi connectivity index (χ1n) is 8.05. The second kappa shape index (κ2) is 6.49. The van der Waals surface area contributed by atoms with Crippen LogP contribution < -0.4 is 10.2 Å². The van der Waals surface area contributed by atoms with Crippen LogP contribution in [-0.4, -0.2) is 29.2 Å². The van der Waals surface area contributed by atoms with Gasteiger partial charge in [0.2, 0.25) is 0 Å². The monoisotopic (exact) mass is 338 g/mol. The highest BCUT2D eigenvalue weighted by atomic mass is 32.1. The molecule has 0 spiro atoms. The summed E-state index contributed by atoms with van der Waals surface area (Å²) in [5.74, 6) is -0.201. The summed E-state index contributed by atoms with van der Waals surface area (Å²) >= 11 is 1.61. The molecule has 4 rings (SSSR count). The number of H-pyrrole nitrogens is 1. The van der Waals surface area contributed by atoms with Gasteiger partial charge in [-0.1, -0.05) is 12.1 Å². The Kier molecular flexibility index (Phi) is 4.04. The van der Waals surface area contributed by atoms with Crippen molar-refractivity contribution in [3.8, 4) is 10.6 Å². The number of hydrogen-bond donors (Lipinski definition) is 2. The number of carbonyl (C=O) groups excluding carboxylic acids is 1. The van der Waals surface area contributed by atoms with Crippen molar-refractivity contribution in [1.82, 2.24) is 10.2 Å². The largest absolute Gasteiger partial charge is 0.371 e. The Hall–Kier alpha value is -2.60. The van der Waals surface area contributed by atoms with Gasteiger partial charge < -0.3 is 10.2 Å². The molecule has 2 aromatic heterocycles. The number of aromatic amines is 1. The van der Waals surface area contributed by atoms with Gasteiger partial charge in [0.05, 0.1) is 10.6 Å². The van der Waals surface area contributed by atoms with E-state index < -0.39 is 0 Å². The first-order chi connectivity index (χ1) is 11.8. The van der Waals surface area contributed by atoms with Gasteiger partial charge in [-0.15, -0.1) is 11.3 Å². The standard InChI is InChI=1S/C18H18N4OS/c23-18(16-12-15(20-21-16)17-7-4-10-24-17)19-13-5-3-6-14(11-13)22-8-1-2-9-22/h3-7,10-12H,1-2,8-9H2,(H,19,23)(H,20,21). The Morgan fingerprint density at radius 1 is 1.17 bits per heavy atom. The minimum Gasteiger partial charge on any atom is -0.371 e. The number of nitrogens with one attached hydrogen (secondary N) is 2. The lowest BCUT2D eigenvalue weighted by atomic mass is 10.2. The maximum absolute atomic E-state index is 12.4. The number of hydrogen-bond acceptors (Lipinski definition) is 4. The Labute approximate surface area is 144 Å². The number of rotatable bonds is 4. The van der Waals surface area contributed by atoms with Crippen LogP contribution >= 0.6 is 11.3 Å². The quantitative estimate of drug-likeness (QED) is 0.756. The van der Waals surface area contributed by atoms with E-state index in [2.05, 4.69) is 26.5 Å². The number of amides is 1. The zero-order valence-corrected chi connectivity index (χ0v) is 14.0. The van der Waals surface area contributed by atoms with Gasteiger partial charge in [-0.25, -0.2) is 0 Å². The highest BCUT2D eigenvalue weighted by Gasteiger charge is 2.15. The molecule has 1 aliphatic heterocycles. The van der Waals surface area contributed by atoms with E-state index in [1.807, 2.05) is 35.7 Å². The van der Waals surface area contributed by atoms with Crippen LogP contribution in [0, 0.1) is 0 Å². The van der Waals surface area contributed by atoms with Crippen molar-refractivity contribution in [3.63, 3.8) is 0 Å². The molecule has 1 fully saturated rings. The molecule has 0 radical (unpaired) electrons. The predicted molar refractivity (Wildman–Crippen MR) is 97.7 cm³/mol. The predicted octanol–water partition coefficient (Wildman–Crippen LogP) is 3.99. The second-order valence-corrected chi connectivity index (χ2v) is 6.79.